The Kier molecular flexibility index (Phi) is 11.1. The third-order valence-electron chi connectivity index (χ3n) is 8.77. The van der Waals surface area contributed by atoms with E-state index in [4.69, 9.17) is 0 Å². The molecule has 39 heavy (non-hydrogen) atoms. The Morgan fingerprint density at radius 1 is 0.615 bits per heavy atom. The topological polar surface area (TPSA) is 40.5 Å². The third-order valence-corrected chi connectivity index (χ3v) is 38.0. The Morgan fingerprint density at radius 2 is 1.00 bits per heavy atom. The van der Waals surface area contributed by atoms with Crippen molar-refractivity contribution in [3.05, 3.63) is 57.6 Å². The van der Waals surface area contributed by atoms with Crippen molar-refractivity contribution in [1.29, 1.82) is 0 Å². The maximum atomic E-state index is 11.4. The zero-order valence-electron chi connectivity index (χ0n) is 25.6. The van der Waals surface area contributed by atoms with Crippen molar-refractivity contribution in [3.8, 4) is 11.5 Å². The summed E-state index contributed by atoms with van der Waals surface area (Å²) in [6, 6.07) is 9.22. The quantitative estimate of drug-likeness (QED) is 0.265. The second kappa shape index (κ2) is 13.7. The molecule has 1 saturated carbocycles. The first-order valence-corrected chi connectivity index (χ1v) is 27.1. The summed E-state index contributed by atoms with van der Waals surface area (Å²) in [6.45, 7) is 18.0. The van der Waals surface area contributed by atoms with Crippen LogP contribution in [-0.4, -0.2) is 20.7 Å². The van der Waals surface area contributed by atoms with Gasteiger partial charge >= 0.3 is 252 Å². The summed E-state index contributed by atoms with van der Waals surface area (Å²) in [7, 11) is 0.919. The number of fused-ring (bicyclic) bond motifs is 1. The van der Waals surface area contributed by atoms with Crippen LogP contribution in [0.4, 0.5) is 0 Å². The number of benzene rings is 2. The first kappa shape index (κ1) is 31.5. The van der Waals surface area contributed by atoms with E-state index in [9.17, 15) is 10.2 Å². The van der Waals surface area contributed by atoms with E-state index in [0.717, 1.165) is 33.1 Å². The summed E-state index contributed by atoms with van der Waals surface area (Å²) in [5, 5.41) is 24.5. The molecule has 3 unspecified atom stereocenters. The molecule has 0 saturated heterocycles. The first-order chi connectivity index (χ1) is 18.5. The number of hydrogen-bond donors (Lipinski definition) is 2. The van der Waals surface area contributed by atoms with Gasteiger partial charge in [-0.1, -0.05) is 0 Å². The van der Waals surface area contributed by atoms with Crippen LogP contribution in [0.1, 0.15) is 151 Å². The SMILES string of the molecule is CC(C)c1cc(C[S]2=[Hf]=[S](Cc3cc(C(C)C)cc(C(C)C)c3O)[C@H]3CCCCCCC32)c(O)c(C(C)C)c1. The van der Waals surface area contributed by atoms with Gasteiger partial charge in [0.05, 0.1) is 0 Å². The van der Waals surface area contributed by atoms with Gasteiger partial charge in [0.2, 0.25) is 0 Å². The number of phenolic OH excluding ortho intramolecular Hbond substituents is 2. The molecule has 216 valence electrons. The molecule has 2 aliphatic rings. The third kappa shape index (κ3) is 7.34. The second-order valence-electron chi connectivity index (χ2n) is 13.2. The Balaban J connectivity index is 1.79. The van der Waals surface area contributed by atoms with Gasteiger partial charge in [0.1, 0.15) is 0 Å². The molecule has 2 aromatic rings. The number of phenols is 2. The molecule has 1 aliphatic carbocycles. The number of hydrogen-bond acceptors (Lipinski definition) is 2. The van der Waals surface area contributed by atoms with Gasteiger partial charge in [0.25, 0.3) is 0 Å². The molecule has 2 aromatic carbocycles. The zero-order chi connectivity index (χ0) is 28.4. The molecule has 2 N–H and O–H groups in total. The molecule has 1 heterocycles. The van der Waals surface area contributed by atoms with E-state index >= 15 is 0 Å². The molecule has 2 nitrogen and oxygen atoms in total. The van der Waals surface area contributed by atoms with Crippen LogP contribution in [0.3, 0.4) is 0 Å². The summed E-state index contributed by atoms with van der Waals surface area (Å²) in [5.41, 5.74) is 7.51. The fraction of sp³-hybridized carbons (Fsp3) is 0.647. The van der Waals surface area contributed by atoms with Crippen LogP contribution in [0.25, 0.3) is 0 Å². The molecular weight excluding hydrogens is 683 g/mol. The van der Waals surface area contributed by atoms with Crippen molar-refractivity contribution in [2.75, 3.05) is 0 Å². The minimum atomic E-state index is -0.995. The second-order valence-corrected chi connectivity index (χ2v) is 34.0. The first-order valence-electron chi connectivity index (χ1n) is 15.3. The number of aromatic hydroxyl groups is 2. The Bertz CT molecular complexity index is 1160. The molecule has 4 rings (SSSR count). The molecule has 1 fully saturated rings. The van der Waals surface area contributed by atoms with Crippen molar-refractivity contribution in [2.24, 2.45) is 0 Å². The zero-order valence-corrected chi connectivity index (χ0v) is 30.9. The van der Waals surface area contributed by atoms with Gasteiger partial charge in [-0.3, -0.25) is 0 Å². The van der Waals surface area contributed by atoms with E-state index in [-0.39, 0.29) is 0 Å². The molecule has 0 aromatic heterocycles. The molecular formula is C34H52HfO2S2. The van der Waals surface area contributed by atoms with Gasteiger partial charge < -0.3 is 0 Å². The Labute approximate surface area is 250 Å². The molecule has 4 atom stereocenters. The van der Waals surface area contributed by atoms with Crippen LogP contribution in [0.5, 0.6) is 11.5 Å². The molecule has 5 heteroatoms. The van der Waals surface area contributed by atoms with E-state index in [1.54, 1.807) is 0 Å². The van der Waals surface area contributed by atoms with Gasteiger partial charge in [-0.25, -0.2) is 0 Å². The minimum absolute atomic E-state index is 0.339. The summed E-state index contributed by atoms with van der Waals surface area (Å²) in [4.78, 5) is 0. The van der Waals surface area contributed by atoms with Crippen LogP contribution < -0.4 is 0 Å². The van der Waals surface area contributed by atoms with E-state index in [1.165, 1.54) is 60.8 Å². The van der Waals surface area contributed by atoms with Crippen LogP contribution in [-0.2, 0) is 30.4 Å². The van der Waals surface area contributed by atoms with Gasteiger partial charge in [-0.2, -0.15) is 0 Å². The standard InChI is InChI=1S/C34H52O2S2.Hf/c1-21(2)25-15-27(33(35)29(17-25)23(5)6)19-37-31-13-11-9-10-12-14-32(31)38-20-28-16-26(22(3)4)18-30(24(7)8)34(28)36;/h15-18,21-24,31-32,35-36H,9-14,19-20H2,1-8H3;/t31-,32?;/m0./s1. The van der Waals surface area contributed by atoms with Crippen molar-refractivity contribution in [2.45, 2.75) is 140 Å². The Morgan fingerprint density at radius 3 is 1.33 bits per heavy atom. The van der Waals surface area contributed by atoms with E-state index in [0.29, 0.717) is 49.6 Å². The molecule has 0 spiro atoms. The predicted octanol–water partition coefficient (Wildman–Crippen LogP) is 10.8. The summed E-state index contributed by atoms with van der Waals surface area (Å²) < 4.78 is 0. The van der Waals surface area contributed by atoms with Crippen LogP contribution >= 0.6 is 14.4 Å². The molecule has 1 aliphatic heterocycles. The molecule has 0 amide bonds. The van der Waals surface area contributed by atoms with Crippen molar-refractivity contribution in [1.82, 2.24) is 0 Å². The maximum absolute atomic E-state index is 11.4. The predicted molar refractivity (Wildman–Crippen MR) is 170 cm³/mol. The number of rotatable bonds is 8. The van der Waals surface area contributed by atoms with E-state index in [2.05, 4.69) is 79.7 Å². The monoisotopic (exact) mass is 736 g/mol. The molecule has 0 bridgehead atoms. The van der Waals surface area contributed by atoms with Gasteiger partial charge in [-0.05, 0) is 0 Å². The van der Waals surface area contributed by atoms with E-state index in [1.807, 2.05) is 0 Å². The van der Waals surface area contributed by atoms with Crippen LogP contribution in [0.15, 0.2) is 24.3 Å². The summed E-state index contributed by atoms with van der Waals surface area (Å²) in [5.74, 6) is 5.02. The van der Waals surface area contributed by atoms with Gasteiger partial charge in [0.15, 0.2) is 0 Å². The van der Waals surface area contributed by atoms with Crippen molar-refractivity contribution in [3.63, 3.8) is 0 Å². The van der Waals surface area contributed by atoms with Gasteiger partial charge in [0, 0.05) is 0 Å². The normalized spacial score (nSPS) is 23.6. The van der Waals surface area contributed by atoms with E-state index < -0.39 is 18.9 Å². The average Bonchev–Trinajstić information content (AvgIpc) is 3.14. The van der Waals surface area contributed by atoms with Crippen molar-refractivity contribution < 1.29 is 29.1 Å². The Hall–Kier alpha value is -0.390. The van der Waals surface area contributed by atoms with Gasteiger partial charge in [-0.15, -0.1) is 0 Å². The van der Waals surface area contributed by atoms with Crippen LogP contribution in [0, 0.1) is 0 Å². The summed E-state index contributed by atoms with van der Waals surface area (Å²) >= 11 is -0.995. The summed E-state index contributed by atoms with van der Waals surface area (Å²) in [6.07, 6.45) is 8.33. The fourth-order valence-electron chi connectivity index (χ4n) is 6.19. The fourth-order valence-corrected chi connectivity index (χ4v) is 45.3. The van der Waals surface area contributed by atoms with Crippen LogP contribution in [0.2, 0.25) is 0 Å². The average molecular weight is 735 g/mol. The van der Waals surface area contributed by atoms with Crippen molar-refractivity contribution >= 4 is 14.4 Å². The molecule has 0 radical (unpaired) electrons.